The van der Waals surface area contributed by atoms with E-state index in [4.69, 9.17) is 0 Å². The first kappa shape index (κ1) is 14.1. The van der Waals surface area contributed by atoms with Crippen molar-refractivity contribution in [1.29, 1.82) is 0 Å². The first-order valence-electron chi connectivity index (χ1n) is 7.65. The van der Waals surface area contributed by atoms with E-state index in [0.29, 0.717) is 0 Å². The molecule has 2 atom stereocenters. The van der Waals surface area contributed by atoms with E-state index in [0.717, 1.165) is 23.7 Å². The third kappa shape index (κ3) is 4.47. The van der Waals surface area contributed by atoms with Crippen molar-refractivity contribution in [3.05, 3.63) is 0 Å². The molecule has 0 nitrogen and oxygen atoms in total. The summed E-state index contributed by atoms with van der Waals surface area (Å²) in [6.07, 6.45) is 11.8. The standard InChI is InChI=1S/C16H32/c1-5-9-16(13(2)3)14(4)12-15-10-7-6-8-11-15/h13-16H,5-12H2,1-4H3. The quantitative estimate of drug-likeness (QED) is 0.545. The Bertz CT molecular complexity index is 165. The van der Waals surface area contributed by atoms with E-state index >= 15 is 0 Å². The number of hydrogen-bond acceptors (Lipinski definition) is 0. The summed E-state index contributed by atoms with van der Waals surface area (Å²) in [7, 11) is 0. The van der Waals surface area contributed by atoms with Crippen molar-refractivity contribution in [3.8, 4) is 0 Å². The summed E-state index contributed by atoms with van der Waals surface area (Å²) in [5.74, 6) is 3.84. The average molecular weight is 224 g/mol. The van der Waals surface area contributed by atoms with Crippen LogP contribution in [0, 0.1) is 23.7 Å². The topological polar surface area (TPSA) is 0 Å². The molecule has 1 aliphatic carbocycles. The van der Waals surface area contributed by atoms with Gasteiger partial charge in [0.05, 0.1) is 0 Å². The van der Waals surface area contributed by atoms with Gasteiger partial charge < -0.3 is 0 Å². The highest BCUT2D eigenvalue weighted by atomic mass is 14.3. The van der Waals surface area contributed by atoms with Gasteiger partial charge in [-0.1, -0.05) is 72.6 Å². The van der Waals surface area contributed by atoms with Crippen LogP contribution in [0.4, 0.5) is 0 Å². The molecular weight excluding hydrogens is 192 g/mol. The molecule has 16 heavy (non-hydrogen) atoms. The molecule has 1 rings (SSSR count). The number of hydrogen-bond donors (Lipinski definition) is 0. The Kier molecular flexibility index (Phi) is 6.46. The lowest BCUT2D eigenvalue weighted by Gasteiger charge is -2.31. The molecule has 0 bridgehead atoms. The first-order valence-corrected chi connectivity index (χ1v) is 7.65. The summed E-state index contributed by atoms with van der Waals surface area (Å²) in [6, 6.07) is 0. The average Bonchev–Trinajstić information content (AvgIpc) is 2.26. The van der Waals surface area contributed by atoms with Crippen LogP contribution in [-0.4, -0.2) is 0 Å². The van der Waals surface area contributed by atoms with Crippen LogP contribution in [0.2, 0.25) is 0 Å². The van der Waals surface area contributed by atoms with Gasteiger partial charge in [0.15, 0.2) is 0 Å². The van der Waals surface area contributed by atoms with E-state index in [2.05, 4.69) is 27.7 Å². The molecule has 0 heterocycles. The van der Waals surface area contributed by atoms with E-state index in [1.807, 2.05) is 0 Å². The van der Waals surface area contributed by atoms with Crippen molar-refractivity contribution in [3.63, 3.8) is 0 Å². The van der Waals surface area contributed by atoms with E-state index in [-0.39, 0.29) is 0 Å². The zero-order chi connectivity index (χ0) is 12.0. The summed E-state index contributed by atoms with van der Waals surface area (Å²) < 4.78 is 0. The molecule has 0 aromatic rings. The molecule has 96 valence electrons. The van der Waals surface area contributed by atoms with E-state index < -0.39 is 0 Å². The SMILES string of the molecule is CCCC(C(C)C)C(C)CC1CCCCC1. The van der Waals surface area contributed by atoms with Gasteiger partial charge in [-0.3, -0.25) is 0 Å². The molecule has 0 aliphatic heterocycles. The second-order valence-electron chi connectivity index (χ2n) is 6.41. The fourth-order valence-electron chi connectivity index (χ4n) is 3.73. The molecule has 0 amide bonds. The van der Waals surface area contributed by atoms with Gasteiger partial charge >= 0.3 is 0 Å². The zero-order valence-electron chi connectivity index (χ0n) is 12.0. The first-order chi connectivity index (χ1) is 7.65. The van der Waals surface area contributed by atoms with Crippen LogP contribution in [-0.2, 0) is 0 Å². The normalized spacial score (nSPS) is 22.3. The van der Waals surface area contributed by atoms with Gasteiger partial charge in [-0.05, 0) is 30.1 Å². The molecule has 0 aromatic carbocycles. The van der Waals surface area contributed by atoms with E-state index in [1.165, 1.54) is 51.4 Å². The predicted molar refractivity (Wildman–Crippen MR) is 73.6 cm³/mol. The van der Waals surface area contributed by atoms with Crippen LogP contribution in [0.25, 0.3) is 0 Å². The van der Waals surface area contributed by atoms with Gasteiger partial charge in [0.1, 0.15) is 0 Å². The van der Waals surface area contributed by atoms with Crippen LogP contribution >= 0.6 is 0 Å². The molecule has 1 fully saturated rings. The van der Waals surface area contributed by atoms with Crippen molar-refractivity contribution in [2.45, 2.75) is 79.1 Å². The molecular formula is C16H32. The van der Waals surface area contributed by atoms with Gasteiger partial charge in [0.25, 0.3) is 0 Å². The van der Waals surface area contributed by atoms with Crippen LogP contribution in [0.3, 0.4) is 0 Å². The molecule has 1 saturated carbocycles. The van der Waals surface area contributed by atoms with Crippen molar-refractivity contribution in [2.75, 3.05) is 0 Å². The van der Waals surface area contributed by atoms with Crippen molar-refractivity contribution < 1.29 is 0 Å². The Morgan fingerprint density at radius 1 is 1.00 bits per heavy atom. The Morgan fingerprint density at radius 3 is 2.12 bits per heavy atom. The molecule has 0 N–H and O–H groups in total. The highest BCUT2D eigenvalue weighted by molar-refractivity contribution is 4.74. The lowest BCUT2D eigenvalue weighted by atomic mass is 9.74. The van der Waals surface area contributed by atoms with Crippen LogP contribution in [0.1, 0.15) is 79.1 Å². The van der Waals surface area contributed by atoms with Gasteiger partial charge in [-0.25, -0.2) is 0 Å². The Hall–Kier alpha value is 0. The lowest BCUT2D eigenvalue weighted by Crippen LogP contribution is -2.21. The maximum atomic E-state index is 2.51. The largest absolute Gasteiger partial charge is 0.0654 e. The summed E-state index contributed by atoms with van der Waals surface area (Å²) in [4.78, 5) is 0. The molecule has 0 heteroatoms. The van der Waals surface area contributed by atoms with Crippen LogP contribution in [0.15, 0.2) is 0 Å². The Morgan fingerprint density at radius 2 is 1.62 bits per heavy atom. The van der Waals surface area contributed by atoms with Crippen LogP contribution < -0.4 is 0 Å². The highest BCUT2D eigenvalue weighted by Gasteiger charge is 2.23. The van der Waals surface area contributed by atoms with Gasteiger partial charge in [0.2, 0.25) is 0 Å². The highest BCUT2D eigenvalue weighted by Crippen LogP contribution is 2.35. The second kappa shape index (κ2) is 7.35. The fraction of sp³-hybridized carbons (Fsp3) is 1.00. The van der Waals surface area contributed by atoms with Gasteiger partial charge in [-0.2, -0.15) is 0 Å². The van der Waals surface area contributed by atoms with Crippen LogP contribution in [0.5, 0.6) is 0 Å². The Labute approximate surface area is 103 Å². The molecule has 0 saturated heterocycles. The number of rotatable bonds is 6. The summed E-state index contributed by atoms with van der Waals surface area (Å²) >= 11 is 0. The van der Waals surface area contributed by atoms with E-state index in [1.54, 1.807) is 0 Å². The maximum Gasteiger partial charge on any atom is -0.0365 e. The second-order valence-corrected chi connectivity index (χ2v) is 6.41. The van der Waals surface area contributed by atoms with Gasteiger partial charge in [-0.15, -0.1) is 0 Å². The molecule has 0 radical (unpaired) electrons. The lowest BCUT2D eigenvalue weighted by molar-refractivity contribution is 0.193. The monoisotopic (exact) mass is 224 g/mol. The van der Waals surface area contributed by atoms with Crippen molar-refractivity contribution in [2.24, 2.45) is 23.7 Å². The van der Waals surface area contributed by atoms with Crippen molar-refractivity contribution >= 4 is 0 Å². The molecule has 2 unspecified atom stereocenters. The van der Waals surface area contributed by atoms with Gasteiger partial charge in [0, 0.05) is 0 Å². The Balaban J connectivity index is 2.37. The smallest absolute Gasteiger partial charge is 0.0365 e. The van der Waals surface area contributed by atoms with E-state index in [9.17, 15) is 0 Å². The minimum atomic E-state index is 0.874. The third-order valence-corrected chi connectivity index (χ3v) is 4.64. The predicted octanol–water partition coefficient (Wildman–Crippen LogP) is 5.67. The molecule has 0 spiro atoms. The summed E-state index contributed by atoms with van der Waals surface area (Å²) in [6.45, 7) is 9.67. The fourth-order valence-corrected chi connectivity index (χ4v) is 3.73. The molecule has 0 aromatic heterocycles. The third-order valence-electron chi connectivity index (χ3n) is 4.64. The molecule has 1 aliphatic rings. The minimum Gasteiger partial charge on any atom is -0.0654 e. The zero-order valence-corrected chi connectivity index (χ0v) is 12.0. The minimum absolute atomic E-state index is 0.874. The summed E-state index contributed by atoms with van der Waals surface area (Å²) in [5.41, 5.74) is 0. The summed E-state index contributed by atoms with van der Waals surface area (Å²) in [5, 5.41) is 0. The van der Waals surface area contributed by atoms with Crippen molar-refractivity contribution in [1.82, 2.24) is 0 Å². The maximum absolute atomic E-state index is 2.51.